The third-order valence-corrected chi connectivity index (χ3v) is 6.87. The molecule has 3 aromatic rings. The number of carbonyl (C=O) groups is 1. The Morgan fingerprint density at radius 2 is 1.69 bits per heavy atom. The Morgan fingerprint density at radius 1 is 0.969 bits per heavy atom. The smallest absolute Gasteiger partial charge is 0.225 e. The van der Waals surface area contributed by atoms with Crippen molar-refractivity contribution < 1.29 is 19.0 Å². The summed E-state index contributed by atoms with van der Waals surface area (Å²) in [4.78, 5) is 14.2. The van der Waals surface area contributed by atoms with Gasteiger partial charge in [-0.2, -0.15) is 0 Å². The number of rotatable bonds is 8. The Balaban J connectivity index is 1.58. The molecule has 1 amide bonds. The standard InChI is InChI=1S/C26H29NO4S/c1-29-21-13-17(14-22(30-2)26(21)31-3)15-24(28)27-25(23-9-6-12-32-23)20-11-10-18-7-4-5-8-19(18)16-20/h6,9-14,16,25H,4-5,7-8,15H2,1-3H3,(H,27,28). The molecule has 4 rings (SSSR count). The Bertz CT molecular complexity index is 1050. The lowest BCUT2D eigenvalue weighted by molar-refractivity contribution is -0.120. The molecule has 1 heterocycles. The summed E-state index contributed by atoms with van der Waals surface area (Å²) in [7, 11) is 4.71. The van der Waals surface area contributed by atoms with Crippen molar-refractivity contribution in [3.05, 3.63) is 75.0 Å². The number of nitrogens with one attached hydrogen (secondary N) is 1. The summed E-state index contributed by atoms with van der Waals surface area (Å²) in [6.45, 7) is 0. The molecule has 168 valence electrons. The van der Waals surface area contributed by atoms with E-state index in [1.807, 2.05) is 23.6 Å². The van der Waals surface area contributed by atoms with Gasteiger partial charge in [-0.05, 0) is 71.5 Å². The van der Waals surface area contributed by atoms with E-state index in [0.29, 0.717) is 17.2 Å². The number of amides is 1. The minimum Gasteiger partial charge on any atom is -0.493 e. The number of carbonyl (C=O) groups excluding carboxylic acids is 1. The zero-order valence-electron chi connectivity index (χ0n) is 18.8. The summed E-state index contributed by atoms with van der Waals surface area (Å²) < 4.78 is 16.2. The van der Waals surface area contributed by atoms with Gasteiger partial charge in [-0.3, -0.25) is 4.79 Å². The zero-order chi connectivity index (χ0) is 22.5. The highest BCUT2D eigenvalue weighted by Gasteiger charge is 2.21. The van der Waals surface area contributed by atoms with E-state index < -0.39 is 0 Å². The fourth-order valence-electron chi connectivity index (χ4n) is 4.34. The third-order valence-electron chi connectivity index (χ3n) is 5.93. The fourth-order valence-corrected chi connectivity index (χ4v) is 5.14. The molecule has 2 aromatic carbocycles. The van der Waals surface area contributed by atoms with Crippen LogP contribution < -0.4 is 19.5 Å². The first-order valence-electron chi connectivity index (χ1n) is 10.9. The van der Waals surface area contributed by atoms with Gasteiger partial charge >= 0.3 is 0 Å². The zero-order valence-corrected chi connectivity index (χ0v) is 19.6. The van der Waals surface area contributed by atoms with Gasteiger partial charge in [0.25, 0.3) is 0 Å². The molecule has 0 bridgehead atoms. The number of methoxy groups -OCH3 is 3. The molecule has 0 saturated heterocycles. The second kappa shape index (κ2) is 10.1. The van der Waals surface area contributed by atoms with E-state index >= 15 is 0 Å². The van der Waals surface area contributed by atoms with E-state index in [1.54, 1.807) is 32.7 Å². The predicted octanol–water partition coefficient (Wildman–Crippen LogP) is 5.10. The number of fused-ring (bicyclic) bond motifs is 1. The maximum atomic E-state index is 13.1. The van der Waals surface area contributed by atoms with E-state index in [1.165, 1.54) is 24.0 Å². The summed E-state index contributed by atoms with van der Waals surface area (Å²) >= 11 is 1.66. The number of hydrogen-bond acceptors (Lipinski definition) is 5. The van der Waals surface area contributed by atoms with Gasteiger partial charge in [0.05, 0.1) is 33.8 Å². The number of ether oxygens (including phenoxy) is 3. The van der Waals surface area contributed by atoms with Crippen molar-refractivity contribution in [3.8, 4) is 17.2 Å². The Kier molecular flexibility index (Phi) is 7.00. The largest absolute Gasteiger partial charge is 0.493 e. The van der Waals surface area contributed by atoms with Gasteiger partial charge in [0, 0.05) is 4.88 Å². The second-order valence-electron chi connectivity index (χ2n) is 7.96. The van der Waals surface area contributed by atoms with Crippen LogP contribution in [0.25, 0.3) is 0 Å². The molecule has 1 aliphatic rings. The van der Waals surface area contributed by atoms with E-state index in [9.17, 15) is 4.79 Å². The lowest BCUT2D eigenvalue weighted by Crippen LogP contribution is -2.30. The van der Waals surface area contributed by atoms with Crippen molar-refractivity contribution >= 4 is 17.2 Å². The van der Waals surface area contributed by atoms with Crippen molar-refractivity contribution in [2.45, 2.75) is 38.1 Å². The highest BCUT2D eigenvalue weighted by molar-refractivity contribution is 7.10. The summed E-state index contributed by atoms with van der Waals surface area (Å²) in [5.74, 6) is 1.54. The lowest BCUT2D eigenvalue weighted by Gasteiger charge is -2.22. The normalized spacial score (nSPS) is 13.7. The van der Waals surface area contributed by atoms with Crippen LogP contribution in [0.3, 0.4) is 0 Å². The van der Waals surface area contributed by atoms with Gasteiger partial charge in [0.2, 0.25) is 11.7 Å². The molecule has 1 atom stereocenters. The molecule has 0 saturated carbocycles. The molecule has 5 nitrogen and oxygen atoms in total. The van der Waals surface area contributed by atoms with E-state index in [4.69, 9.17) is 14.2 Å². The quantitative estimate of drug-likeness (QED) is 0.518. The van der Waals surface area contributed by atoms with Crippen molar-refractivity contribution in [1.82, 2.24) is 5.32 Å². The molecule has 0 fully saturated rings. The van der Waals surface area contributed by atoms with Crippen LogP contribution >= 0.6 is 11.3 Å². The van der Waals surface area contributed by atoms with Crippen LogP contribution in [0.15, 0.2) is 47.8 Å². The Morgan fingerprint density at radius 3 is 2.31 bits per heavy atom. The van der Waals surface area contributed by atoms with E-state index in [0.717, 1.165) is 28.8 Å². The number of thiophene rings is 1. The third kappa shape index (κ3) is 4.75. The van der Waals surface area contributed by atoms with Crippen molar-refractivity contribution in [2.75, 3.05) is 21.3 Å². The average molecular weight is 452 g/mol. The van der Waals surface area contributed by atoms with Crippen LogP contribution in [-0.2, 0) is 24.1 Å². The molecule has 0 radical (unpaired) electrons. The molecule has 1 aromatic heterocycles. The first kappa shape index (κ1) is 22.2. The van der Waals surface area contributed by atoms with E-state index in [-0.39, 0.29) is 18.4 Å². The highest BCUT2D eigenvalue weighted by Crippen LogP contribution is 2.38. The van der Waals surface area contributed by atoms with Gasteiger partial charge in [0.15, 0.2) is 11.5 Å². The maximum Gasteiger partial charge on any atom is 0.225 e. The van der Waals surface area contributed by atoms with Crippen molar-refractivity contribution in [1.29, 1.82) is 0 Å². The molecular weight excluding hydrogens is 422 g/mol. The number of benzene rings is 2. The Hall–Kier alpha value is -2.99. The van der Waals surface area contributed by atoms with Crippen LogP contribution in [0, 0.1) is 0 Å². The summed E-state index contributed by atoms with van der Waals surface area (Å²) in [5.41, 5.74) is 4.78. The summed E-state index contributed by atoms with van der Waals surface area (Å²) in [6.07, 6.45) is 4.95. The van der Waals surface area contributed by atoms with Crippen LogP contribution in [0.1, 0.15) is 46.0 Å². The minimum atomic E-state index is -0.170. The first-order chi connectivity index (χ1) is 15.6. The number of aryl methyl sites for hydroxylation is 2. The van der Waals surface area contributed by atoms with Crippen LogP contribution in [0.5, 0.6) is 17.2 Å². The molecule has 1 aliphatic carbocycles. The SMILES string of the molecule is COc1cc(CC(=O)NC(c2ccc3c(c2)CCCC3)c2cccs2)cc(OC)c1OC. The Labute approximate surface area is 193 Å². The molecular formula is C26H29NO4S. The van der Waals surface area contributed by atoms with E-state index in [2.05, 4.69) is 29.6 Å². The van der Waals surface area contributed by atoms with Crippen LogP contribution in [0.4, 0.5) is 0 Å². The van der Waals surface area contributed by atoms with Crippen molar-refractivity contribution in [3.63, 3.8) is 0 Å². The first-order valence-corrected chi connectivity index (χ1v) is 11.7. The fraction of sp³-hybridized carbons (Fsp3) is 0.346. The minimum absolute atomic E-state index is 0.0598. The van der Waals surface area contributed by atoms with Gasteiger partial charge in [-0.1, -0.05) is 24.3 Å². The molecule has 32 heavy (non-hydrogen) atoms. The number of hydrogen-bond donors (Lipinski definition) is 1. The molecule has 0 aliphatic heterocycles. The van der Waals surface area contributed by atoms with Crippen molar-refractivity contribution in [2.24, 2.45) is 0 Å². The van der Waals surface area contributed by atoms with Gasteiger partial charge < -0.3 is 19.5 Å². The molecule has 6 heteroatoms. The topological polar surface area (TPSA) is 56.8 Å². The molecule has 1 unspecified atom stereocenters. The lowest BCUT2D eigenvalue weighted by atomic mass is 9.89. The van der Waals surface area contributed by atoms with Crippen LogP contribution in [-0.4, -0.2) is 27.2 Å². The summed E-state index contributed by atoms with van der Waals surface area (Å²) in [5, 5.41) is 5.30. The monoisotopic (exact) mass is 451 g/mol. The summed E-state index contributed by atoms with van der Waals surface area (Å²) in [6, 6.07) is 14.2. The molecule has 0 spiro atoms. The van der Waals surface area contributed by atoms with Gasteiger partial charge in [-0.25, -0.2) is 0 Å². The maximum absolute atomic E-state index is 13.1. The van der Waals surface area contributed by atoms with Gasteiger partial charge in [0.1, 0.15) is 0 Å². The van der Waals surface area contributed by atoms with Crippen LogP contribution in [0.2, 0.25) is 0 Å². The highest BCUT2D eigenvalue weighted by atomic mass is 32.1. The average Bonchev–Trinajstić information content (AvgIpc) is 3.36. The second-order valence-corrected chi connectivity index (χ2v) is 8.94. The van der Waals surface area contributed by atoms with Gasteiger partial charge in [-0.15, -0.1) is 11.3 Å². The predicted molar refractivity (Wildman–Crippen MR) is 127 cm³/mol. The molecule has 1 N–H and O–H groups in total.